The molecule has 0 aliphatic heterocycles. The SMILES string of the molecule is CCOC(=O)/C(=C\c1ccc(C)cc1)CCC(C)=O. The second kappa shape index (κ2) is 7.52. The number of aryl methyl sites for hydroxylation is 1. The lowest BCUT2D eigenvalue weighted by Crippen LogP contribution is -2.08. The monoisotopic (exact) mass is 260 g/mol. The largest absolute Gasteiger partial charge is 0.463 e. The summed E-state index contributed by atoms with van der Waals surface area (Å²) in [5, 5.41) is 0. The Morgan fingerprint density at radius 1 is 1.16 bits per heavy atom. The third-order valence-corrected chi connectivity index (χ3v) is 2.70. The van der Waals surface area contributed by atoms with Gasteiger partial charge in [0.15, 0.2) is 0 Å². The van der Waals surface area contributed by atoms with Crippen molar-refractivity contribution in [3.8, 4) is 0 Å². The fourth-order valence-corrected chi connectivity index (χ4v) is 1.63. The van der Waals surface area contributed by atoms with Crippen LogP contribution in [0.1, 0.15) is 37.8 Å². The summed E-state index contributed by atoms with van der Waals surface area (Å²) in [6.07, 6.45) is 2.57. The quantitative estimate of drug-likeness (QED) is 0.582. The highest BCUT2D eigenvalue weighted by molar-refractivity contribution is 5.94. The minimum Gasteiger partial charge on any atom is -0.463 e. The van der Waals surface area contributed by atoms with Crippen LogP contribution in [0.2, 0.25) is 0 Å². The number of rotatable bonds is 6. The molecule has 1 aromatic rings. The topological polar surface area (TPSA) is 43.4 Å². The van der Waals surface area contributed by atoms with E-state index in [4.69, 9.17) is 4.74 Å². The van der Waals surface area contributed by atoms with Crippen molar-refractivity contribution in [1.82, 2.24) is 0 Å². The Balaban J connectivity index is 2.90. The molecule has 0 fully saturated rings. The maximum Gasteiger partial charge on any atom is 0.334 e. The summed E-state index contributed by atoms with van der Waals surface area (Å²) in [7, 11) is 0. The van der Waals surface area contributed by atoms with Gasteiger partial charge < -0.3 is 9.53 Å². The van der Waals surface area contributed by atoms with Crippen molar-refractivity contribution in [3.63, 3.8) is 0 Å². The van der Waals surface area contributed by atoms with Crippen LogP contribution in [0.25, 0.3) is 6.08 Å². The normalized spacial score (nSPS) is 11.2. The van der Waals surface area contributed by atoms with E-state index in [1.165, 1.54) is 12.5 Å². The van der Waals surface area contributed by atoms with E-state index in [1.54, 1.807) is 13.0 Å². The highest BCUT2D eigenvalue weighted by atomic mass is 16.5. The Hall–Kier alpha value is -1.90. The molecule has 19 heavy (non-hydrogen) atoms. The second-order valence-electron chi connectivity index (χ2n) is 4.50. The zero-order valence-corrected chi connectivity index (χ0v) is 11.7. The number of hydrogen-bond donors (Lipinski definition) is 0. The molecule has 0 heterocycles. The van der Waals surface area contributed by atoms with Gasteiger partial charge in [-0.3, -0.25) is 0 Å². The van der Waals surface area contributed by atoms with E-state index < -0.39 is 0 Å². The first-order valence-electron chi connectivity index (χ1n) is 6.46. The Bertz CT molecular complexity index is 469. The molecular weight excluding hydrogens is 240 g/mol. The molecule has 0 saturated heterocycles. The summed E-state index contributed by atoms with van der Waals surface area (Å²) in [4.78, 5) is 22.9. The Labute approximate surface area is 114 Å². The van der Waals surface area contributed by atoms with Crippen molar-refractivity contribution in [2.45, 2.75) is 33.6 Å². The highest BCUT2D eigenvalue weighted by Gasteiger charge is 2.11. The van der Waals surface area contributed by atoms with Crippen LogP contribution in [0.4, 0.5) is 0 Å². The molecule has 0 saturated carbocycles. The number of hydrogen-bond acceptors (Lipinski definition) is 3. The molecule has 1 rings (SSSR count). The molecule has 0 unspecified atom stereocenters. The van der Waals surface area contributed by atoms with Crippen molar-refractivity contribution in [3.05, 3.63) is 41.0 Å². The summed E-state index contributed by atoms with van der Waals surface area (Å²) in [5.41, 5.74) is 2.65. The van der Waals surface area contributed by atoms with E-state index in [9.17, 15) is 9.59 Å². The van der Waals surface area contributed by atoms with Gasteiger partial charge in [0.25, 0.3) is 0 Å². The molecule has 0 aliphatic carbocycles. The Kier molecular flexibility index (Phi) is 6.00. The van der Waals surface area contributed by atoms with Gasteiger partial charge in [-0.25, -0.2) is 4.79 Å². The first-order valence-corrected chi connectivity index (χ1v) is 6.46. The molecule has 0 amide bonds. The van der Waals surface area contributed by atoms with Crippen molar-refractivity contribution >= 4 is 17.8 Å². The zero-order chi connectivity index (χ0) is 14.3. The number of ether oxygens (including phenoxy) is 1. The van der Waals surface area contributed by atoms with Crippen LogP contribution in [-0.2, 0) is 14.3 Å². The maximum absolute atomic E-state index is 11.8. The molecule has 102 valence electrons. The fourth-order valence-electron chi connectivity index (χ4n) is 1.63. The van der Waals surface area contributed by atoms with E-state index in [2.05, 4.69) is 0 Å². The number of carbonyl (C=O) groups excluding carboxylic acids is 2. The number of esters is 1. The lowest BCUT2D eigenvalue weighted by molar-refractivity contribution is -0.138. The average Bonchev–Trinajstić information content (AvgIpc) is 2.36. The summed E-state index contributed by atoms with van der Waals surface area (Å²) >= 11 is 0. The predicted molar refractivity (Wildman–Crippen MR) is 75.7 cm³/mol. The minimum atomic E-state index is -0.343. The van der Waals surface area contributed by atoms with Gasteiger partial charge in [-0.05, 0) is 38.8 Å². The van der Waals surface area contributed by atoms with Gasteiger partial charge >= 0.3 is 5.97 Å². The van der Waals surface area contributed by atoms with E-state index in [0.717, 1.165) is 5.56 Å². The van der Waals surface area contributed by atoms with Crippen molar-refractivity contribution in [1.29, 1.82) is 0 Å². The third kappa shape index (κ3) is 5.51. The highest BCUT2D eigenvalue weighted by Crippen LogP contribution is 2.14. The van der Waals surface area contributed by atoms with Crippen LogP contribution < -0.4 is 0 Å². The van der Waals surface area contributed by atoms with Gasteiger partial charge in [0.1, 0.15) is 5.78 Å². The molecule has 3 heteroatoms. The molecule has 1 aromatic carbocycles. The van der Waals surface area contributed by atoms with Crippen molar-refractivity contribution in [2.24, 2.45) is 0 Å². The second-order valence-corrected chi connectivity index (χ2v) is 4.50. The fraction of sp³-hybridized carbons (Fsp3) is 0.375. The van der Waals surface area contributed by atoms with Crippen LogP contribution >= 0.6 is 0 Å². The van der Waals surface area contributed by atoms with E-state index in [1.807, 2.05) is 31.2 Å². The summed E-state index contributed by atoms with van der Waals surface area (Å²) in [6, 6.07) is 7.86. The Morgan fingerprint density at radius 3 is 2.32 bits per heavy atom. The molecule has 0 aliphatic rings. The number of Topliss-reactive ketones (excluding diaryl/α,β-unsaturated/α-hetero) is 1. The van der Waals surface area contributed by atoms with Gasteiger partial charge in [0.2, 0.25) is 0 Å². The van der Waals surface area contributed by atoms with Crippen molar-refractivity contribution in [2.75, 3.05) is 6.61 Å². The molecular formula is C16H20O3. The molecule has 0 radical (unpaired) electrons. The van der Waals surface area contributed by atoms with E-state index >= 15 is 0 Å². The van der Waals surface area contributed by atoms with Gasteiger partial charge in [-0.1, -0.05) is 29.8 Å². The maximum atomic E-state index is 11.8. The van der Waals surface area contributed by atoms with Crippen LogP contribution in [0.3, 0.4) is 0 Å². The number of carbonyl (C=O) groups is 2. The summed E-state index contributed by atoms with van der Waals surface area (Å²) in [5.74, 6) is -0.275. The smallest absolute Gasteiger partial charge is 0.334 e. The molecule has 3 nitrogen and oxygen atoms in total. The van der Waals surface area contributed by atoms with Crippen LogP contribution in [-0.4, -0.2) is 18.4 Å². The molecule has 0 spiro atoms. The molecule has 0 aromatic heterocycles. The minimum absolute atomic E-state index is 0.0686. The zero-order valence-electron chi connectivity index (χ0n) is 11.7. The van der Waals surface area contributed by atoms with Crippen molar-refractivity contribution < 1.29 is 14.3 Å². The summed E-state index contributed by atoms with van der Waals surface area (Å²) < 4.78 is 5.01. The van der Waals surface area contributed by atoms with Gasteiger partial charge in [0, 0.05) is 12.0 Å². The average molecular weight is 260 g/mol. The van der Waals surface area contributed by atoms with Gasteiger partial charge in [-0.15, -0.1) is 0 Å². The molecule has 0 N–H and O–H groups in total. The third-order valence-electron chi connectivity index (χ3n) is 2.70. The van der Waals surface area contributed by atoms with E-state index in [-0.39, 0.29) is 11.8 Å². The van der Waals surface area contributed by atoms with Gasteiger partial charge in [0.05, 0.1) is 6.61 Å². The number of ketones is 1. The van der Waals surface area contributed by atoms with Gasteiger partial charge in [-0.2, -0.15) is 0 Å². The lowest BCUT2D eigenvalue weighted by Gasteiger charge is -2.06. The first-order chi connectivity index (χ1) is 9.02. The standard InChI is InChI=1S/C16H20O3/c1-4-19-16(18)15(10-7-13(3)17)11-14-8-5-12(2)6-9-14/h5-6,8-9,11H,4,7,10H2,1-3H3/b15-11-. The van der Waals surface area contributed by atoms with E-state index in [0.29, 0.717) is 25.0 Å². The molecule has 0 bridgehead atoms. The van der Waals surface area contributed by atoms with Crippen LogP contribution in [0.15, 0.2) is 29.8 Å². The predicted octanol–water partition coefficient (Wildman–Crippen LogP) is 3.31. The lowest BCUT2D eigenvalue weighted by atomic mass is 10.0. The first kappa shape index (κ1) is 15.2. The molecule has 0 atom stereocenters. The summed E-state index contributed by atoms with van der Waals surface area (Å²) in [6.45, 7) is 5.64. The van der Waals surface area contributed by atoms with Crippen LogP contribution in [0.5, 0.6) is 0 Å². The van der Waals surface area contributed by atoms with Crippen LogP contribution in [0, 0.1) is 6.92 Å². The Morgan fingerprint density at radius 2 is 1.79 bits per heavy atom. The number of benzene rings is 1.